The SMILES string of the molecule is CCCNC(=O)C(=O)C(CC1CC1)NC(=O)[C@@H]1C2C(CN1C(=O)[C@@H](NC(=O)NC1(CS(=O)(=O)C(C)(C)C)CCCCC1)C(C)(C)C)C2(C)C. The van der Waals surface area contributed by atoms with Crippen molar-refractivity contribution in [1.82, 2.24) is 26.2 Å². The molecule has 1 heterocycles. The lowest BCUT2D eigenvalue weighted by molar-refractivity contribution is -0.145. The molecule has 5 amide bonds. The van der Waals surface area contributed by atoms with Crippen molar-refractivity contribution >= 4 is 39.4 Å². The van der Waals surface area contributed by atoms with Gasteiger partial charge in [-0.3, -0.25) is 19.2 Å². The topological polar surface area (TPSA) is 171 Å². The third kappa shape index (κ3) is 8.79. The minimum absolute atomic E-state index is 0.0696. The molecule has 5 atom stereocenters. The molecule has 3 aliphatic carbocycles. The molecule has 12 nitrogen and oxygen atoms in total. The minimum Gasteiger partial charge on any atom is -0.349 e. The number of fused-ring (bicyclic) bond motifs is 1. The number of nitrogens with one attached hydrogen (secondary N) is 4. The second-order valence-corrected chi connectivity index (χ2v) is 20.6. The van der Waals surface area contributed by atoms with Crippen molar-refractivity contribution in [3.63, 3.8) is 0 Å². The number of urea groups is 1. The normalized spacial score (nSPS) is 25.7. The van der Waals surface area contributed by atoms with E-state index in [1.54, 1.807) is 25.7 Å². The summed E-state index contributed by atoms with van der Waals surface area (Å²) in [5.41, 5.74) is -1.90. The number of rotatable bonds is 13. The van der Waals surface area contributed by atoms with E-state index in [0.717, 1.165) is 32.1 Å². The first-order valence-electron chi connectivity index (χ1n) is 18.3. The molecule has 0 aromatic heterocycles. The second kappa shape index (κ2) is 14.1. The first-order valence-corrected chi connectivity index (χ1v) is 19.9. The zero-order valence-electron chi connectivity index (χ0n) is 31.2. The Kier molecular flexibility index (Phi) is 11.3. The number of ketones is 1. The van der Waals surface area contributed by atoms with E-state index in [0.29, 0.717) is 38.8 Å². The predicted octanol–water partition coefficient (Wildman–Crippen LogP) is 3.48. The maximum absolute atomic E-state index is 14.5. The number of piperidine rings is 1. The van der Waals surface area contributed by atoms with E-state index in [2.05, 4.69) is 35.1 Å². The molecule has 4 aliphatic rings. The van der Waals surface area contributed by atoms with Gasteiger partial charge >= 0.3 is 6.03 Å². The molecule has 0 spiro atoms. The molecule has 4 fully saturated rings. The van der Waals surface area contributed by atoms with Gasteiger partial charge in [0.15, 0.2) is 9.84 Å². The van der Waals surface area contributed by atoms with Gasteiger partial charge in [0.2, 0.25) is 17.6 Å². The lowest BCUT2D eigenvalue weighted by Gasteiger charge is -2.41. The molecule has 13 heteroatoms. The summed E-state index contributed by atoms with van der Waals surface area (Å²) >= 11 is 0. The van der Waals surface area contributed by atoms with Gasteiger partial charge in [0.05, 0.1) is 22.1 Å². The molecule has 1 aliphatic heterocycles. The van der Waals surface area contributed by atoms with Crippen molar-refractivity contribution in [3.05, 3.63) is 0 Å². The zero-order valence-corrected chi connectivity index (χ0v) is 32.0. The van der Waals surface area contributed by atoms with Gasteiger partial charge in [0.25, 0.3) is 5.91 Å². The second-order valence-electron chi connectivity index (χ2n) is 17.9. The molecular weight excluding hydrogens is 646 g/mol. The Labute approximate surface area is 293 Å². The van der Waals surface area contributed by atoms with E-state index in [9.17, 15) is 32.4 Å². The summed E-state index contributed by atoms with van der Waals surface area (Å²) in [6, 6.07) is -3.48. The number of carbonyl (C=O) groups is 5. The number of likely N-dealkylation sites (tertiary alicyclic amines) is 1. The third-order valence-corrected chi connectivity index (χ3v) is 14.2. The number of hydrogen-bond acceptors (Lipinski definition) is 7. The highest BCUT2D eigenvalue weighted by Gasteiger charge is 2.70. The van der Waals surface area contributed by atoms with E-state index in [1.807, 2.05) is 27.7 Å². The van der Waals surface area contributed by atoms with Crippen LogP contribution < -0.4 is 21.3 Å². The first kappa shape index (κ1) is 39.1. The Morgan fingerprint density at radius 3 is 2.06 bits per heavy atom. The summed E-state index contributed by atoms with van der Waals surface area (Å²) in [4.78, 5) is 69.7. The molecule has 3 saturated carbocycles. The van der Waals surface area contributed by atoms with Crippen LogP contribution in [0.1, 0.15) is 120 Å². The summed E-state index contributed by atoms with van der Waals surface area (Å²) in [6.45, 7) is 17.2. The van der Waals surface area contributed by atoms with Crippen molar-refractivity contribution in [2.75, 3.05) is 18.8 Å². The fraction of sp³-hybridized carbons (Fsp3) is 0.861. The van der Waals surface area contributed by atoms with Crippen LogP contribution in [0, 0.1) is 28.6 Å². The highest BCUT2D eigenvalue weighted by molar-refractivity contribution is 7.92. The highest BCUT2D eigenvalue weighted by Crippen LogP contribution is 2.65. The Balaban J connectivity index is 1.55. The van der Waals surface area contributed by atoms with Crippen LogP contribution in [-0.4, -0.2) is 90.1 Å². The molecular formula is C36H61N5O7S. The predicted molar refractivity (Wildman–Crippen MR) is 188 cm³/mol. The van der Waals surface area contributed by atoms with Crippen LogP contribution in [-0.2, 0) is 29.0 Å². The molecule has 49 heavy (non-hydrogen) atoms. The minimum atomic E-state index is -3.56. The number of nitrogens with zero attached hydrogens (tertiary/aromatic N) is 1. The molecule has 1 saturated heterocycles. The van der Waals surface area contributed by atoms with Crippen molar-refractivity contribution in [1.29, 1.82) is 0 Å². The van der Waals surface area contributed by atoms with Gasteiger partial charge < -0.3 is 26.2 Å². The Bertz CT molecular complexity index is 1400. The quantitative estimate of drug-likeness (QED) is 0.212. The summed E-state index contributed by atoms with van der Waals surface area (Å²) in [5.74, 6) is -2.24. The van der Waals surface area contributed by atoms with Crippen LogP contribution in [0.25, 0.3) is 0 Å². The van der Waals surface area contributed by atoms with Crippen LogP contribution in [0.4, 0.5) is 4.79 Å². The van der Waals surface area contributed by atoms with Crippen LogP contribution in [0.3, 0.4) is 0 Å². The van der Waals surface area contributed by atoms with E-state index in [4.69, 9.17) is 0 Å². The first-order chi connectivity index (χ1) is 22.5. The standard InChI is InChI=1S/C36H61N5O7S/c1-10-18-37-30(44)27(42)24(19-22-14-15-22)38-29(43)26-25-23(35(25,8)9)20-41(26)31(45)28(33(2,3)4)39-32(46)40-36(16-12-11-13-17-36)21-49(47,48)34(5,6)7/h22-26,28H,10-21H2,1-9H3,(H,37,44)(H,38,43)(H2,39,40,46)/t23?,24?,25?,26-,28+/m0/s1. The molecule has 0 bridgehead atoms. The molecule has 278 valence electrons. The van der Waals surface area contributed by atoms with Crippen molar-refractivity contribution < 1.29 is 32.4 Å². The van der Waals surface area contributed by atoms with Crippen molar-refractivity contribution in [2.45, 2.75) is 149 Å². The van der Waals surface area contributed by atoms with E-state index in [-0.39, 0.29) is 28.9 Å². The van der Waals surface area contributed by atoms with Gasteiger partial charge in [-0.05, 0) is 75.0 Å². The van der Waals surface area contributed by atoms with Crippen LogP contribution in [0.2, 0.25) is 0 Å². The van der Waals surface area contributed by atoms with Crippen molar-refractivity contribution in [2.24, 2.45) is 28.6 Å². The molecule has 0 radical (unpaired) electrons. The van der Waals surface area contributed by atoms with Crippen LogP contribution in [0.15, 0.2) is 0 Å². The lowest BCUT2D eigenvalue weighted by atomic mass is 9.83. The third-order valence-electron chi connectivity index (χ3n) is 11.4. The summed E-state index contributed by atoms with van der Waals surface area (Å²) in [6.07, 6.45) is 6.50. The largest absolute Gasteiger partial charge is 0.349 e. The molecule has 4 N–H and O–H groups in total. The maximum atomic E-state index is 14.5. The van der Waals surface area contributed by atoms with E-state index < -0.39 is 73.2 Å². The average Bonchev–Trinajstić information content (AvgIpc) is 3.84. The molecule has 4 rings (SSSR count). The Hall–Kier alpha value is -2.70. The number of hydrogen-bond donors (Lipinski definition) is 4. The lowest BCUT2D eigenvalue weighted by Crippen LogP contribution is -2.64. The van der Waals surface area contributed by atoms with E-state index in [1.165, 1.54) is 0 Å². The number of sulfone groups is 1. The average molecular weight is 708 g/mol. The maximum Gasteiger partial charge on any atom is 0.315 e. The Morgan fingerprint density at radius 2 is 1.53 bits per heavy atom. The smallest absolute Gasteiger partial charge is 0.315 e. The monoisotopic (exact) mass is 707 g/mol. The van der Waals surface area contributed by atoms with Gasteiger partial charge in [-0.25, -0.2) is 13.2 Å². The fourth-order valence-corrected chi connectivity index (χ4v) is 9.33. The summed E-state index contributed by atoms with van der Waals surface area (Å²) in [7, 11) is -3.56. The number of Topliss-reactive ketones (excluding diaryl/α,β-unsaturated/α-hetero) is 1. The molecule has 0 aromatic rings. The van der Waals surface area contributed by atoms with Gasteiger partial charge in [-0.15, -0.1) is 0 Å². The number of amides is 5. The van der Waals surface area contributed by atoms with Gasteiger partial charge in [-0.2, -0.15) is 0 Å². The summed E-state index contributed by atoms with van der Waals surface area (Å²) in [5, 5.41) is 11.4. The van der Waals surface area contributed by atoms with Gasteiger partial charge in [0.1, 0.15) is 12.1 Å². The van der Waals surface area contributed by atoms with Crippen LogP contribution >= 0.6 is 0 Å². The Morgan fingerprint density at radius 1 is 0.918 bits per heavy atom. The molecule has 3 unspecified atom stereocenters. The van der Waals surface area contributed by atoms with Crippen molar-refractivity contribution in [3.8, 4) is 0 Å². The zero-order chi connectivity index (χ0) is 36.7. The summed E-state index contributed by atoms with van der Waals surface area (Å²) < 4.78 is 25.6. The highest BCUT2D eigenvalue weighted by atomic mass is 32.2. The molecule has 0 aromatic carbocycles. The van der Waals surface area contributed by atoms with Gasteiger partial charge in [-0.1, -0.05) is 73.6 Å². The number of carbonyl (C=O) groups excluding carboxylic acids is 5. The van der Waals surface area contributed by atoms with E-state index >= 15 is 0 Å². The fourth-order valence-electron chi connectivity index (χ4n) is 7.81. The van der Waals surface area contributed by atoms with Gasteiger partial charge in [0, 0.05) is 13.1 Å². The van der Waals surface area contributed by atoms with Crippen LogP contribution in [0.5, 0.6) is 0 Å².